The van der Waals surface area contributed by atoms with Crippen LogP contribution in [0.1, 0.15) is 37.0 Å². The summed E-state index contributed by atoms with van der Waals surface area (Å²) in [6.45, 7) is 8.81. The SMILES string of the molecule is CCc1nnc(NC(=O)C=Cc2c(C)nn(CC(C)C)c2Cl)s1. The molecule has 0 bridgehead atoms. The second-order valence-corrected chi connectivity index (χ2v) is 6.96. The van der Waals surface area contributed by atoms with E-state index in [-0.39, 0.29) is 5.91 Å². The zero-order chi connectivity index (χ0) is 17.0. The number of nitrogens with zero attached hydrogens (tertiary/aromatic N) is 4. The molecule has 0 aromatic carbocycles. The Labute approximate surface area is 144 Å². The van der Waals surface area contributed by atoms with E-state index in [0.29, 0.717) is 16.2 Å². The fraction of sp³-hybridized carbons (Fsp3) is 0.467. The van der Waals surface area contributed by atoms with E-state index >= 15 is 0 Å². The molecule has 0 saturated heterocycles. The molecule has 2 aromatic rings. The predicted molar refractivity (Wildman–Crippen MR) is 93.8 cm³/mol. The summed E-state index contributed by atoms with van der Waals surface area (Å²) < 4.78 is 1.76. The Kier molecular flexibility index (Phi) is 5.90. The molecule has 2 rings (SSSR count). The van der Waals surface area contributed by atoms with Gasteiger partial charge in [0.2, 0.25) is 11.0 Å². The van der Waals surface area contributed by atoms with Crippen molar-refractivity contribution >= 4 is 40.1 Å². The van der Waals surface area contributed by atoms with Gasteiger partial charge in [-0.3, -0.25) is 14.8 Å². The van der Waals surface area contributed by atoms with Crippen LogP contribution in [0.25, 0.3) is 6.08 Å². The number of rotatable bonds is 6. The van der Waals surface area contributed by atoms with Crippen LogP contribution in [-0.4, -0.2) is 25.9 Å². The average Bonchev–Trinajstić information content (AvgIpc) is 3.02. The van der Waals surface area contributed by atoms with Gasteiger partial charge in [0, 0.05) is 18.2 Å². The van der Waals surface area contributed by atoms with E-state index in [0.717, 1.165) is 29.2 Å². The van der Waals surface area contributed by atoms with Crippen molar-refractivity contribution in [2.75, 3.05) is 5.32 Å². The molecule has 23 heavy (non-hydrogen) atoms. The van der Waals surface area contributed by atoms with Crippen LogP contribution in [0.2, 0.25) is 5.15 Å². The third-order valence-electron chi connectivity index (χ3n) is 3.05. The minimum absolute atomic E-state index is 0.268. The summed E-state index contributed by atoms with van der Waals surface area (Å²) in [6, 6.07) is 0. The molecule has 0 aliphatic heterocycles. The van der Waals surface area contributed by atoms with Gasteiger partial charge in [-0.2, -0.15) is 5.10 Å². The fourth-order valence-corrected chi connectivity index (χ4v) is 2.97. The number of hydrogen-bond acceptors (Lipinski definition) is 5. The molecule has 0 fully saturated rings. The van der Waals surface area contributed by atoms with Gasteiger partial charge < -0.3 is 0 Å². The highest BCUT2D eigenvalue weighted by molar-refractivity contribution is 7.15. The predicted octanol–water partition coefficient (Wildman–Crippen LogP) is 3.57. The smallest absolute Gasteiger partial charge is 0.250 e. The maximum atomic E-state index is 12.0. The van der Waals surface area contributed by atoms with Crippen LogP contribution in [0.5, 0.6) is 0 Å². The number of carbonyl (C=O) groups excluding carboxylic acids is 1. The van der Waals surface area contributed by atoms with Gasteiger partial charge in [-0.25, -0.2) is 0 Å². The number of hydrogen-bond donors (Lipinski definition) is 1. The summed E-state index contributed by atoms with van der Waals surface area (Å²) in [5.74, 6) is 0.174. The number of aromatic nitrogens is 4. The lowest BCUT2D eigenvalue weighted by Crippen LogP contribution is -2.07. The van der Waals surface area contributed by atoms with Gasteiger partial charge >= 0.3 is 0 Å². The van der Waals surface area contributed by atoms with Crippen molar-refractivity contribution in [3.05, 3.63) is 27.5 Å². The van der Waals surface area contributed by atoms with E-state index in [1.807, 2.05) is 13.8 Å². The molecule has 0 aliphatic carbocycles. The lowest BCUT2D eigenvalue weighted by atomic mass is 10.2. The molecule has 0 aliphatic rings. The van der Waals surface area contributed by atoms with Crippen LogP contribution >= 0.6 is 22.9 Å². The number of halogens is 1. The summed E-state index contributed by atoms with van der Waals surface area (Å²) >= 11 is 7.71. The molecule has 1 N–H and O–H groups in total. The molecule has 0 saturated carbocycles. The van der Waals surface area contributed by atoms with Gasteiger partial charge in [-0.1, -0.05) is 43.7 Å². The highest BCUT2D eigenvalue weighted by Gasteiger charge is 2.12. The Bertz CT molecular complexity index is 720. The van der Waals surface area contributed by atoms with E-state index < -0.39 is 0 Å². The van der Waals surface area contributed by atoms with Crippen LogP contribution in [-0.2, 0) is 17.8 Å². The number of nitrogens with one attached hydrogen (secondary N) is 1. The first-order valence-electron chi connectivity index (χ1n) is 7.45. The molecule has 8 heteroatoms. The van der Waals surface area contributed by atoms with Crippen molar-refractivity contribution in [2.45, 2.75) is 40.7 Å². The van der Waals surface area contributed by atoms with Crippen LogP contribution < -0.4 is 5.32 Å². The molecule has 124 valence electrons. The first-order chi connectivity index (χ1) is 10.9. The van der Waals surface area contributed by atoms with Crippen molar-refractivity contribution in [1.82, 2.24) is 20.0 Å². The second-order valence-electron chi connectivity index (χ2n) is 5.54. The van der Waals surface area contributed by atoms with Gasteiger partial charge in [-0.05, 0) is 25.3 Å². The van der Waals surface area contributed by atoms with Crippen LogP contribution in [0.15, 0.2) is 6.08 Å². The highest BCUT2D eigenvalue weighted by atomic mass is 35.5. The van der Waals surface area contributed by atoms with Gasteiger partial charge in [0.15, 0.2) is 0 Å². The standard InChI is InChI=1S/C15H20ClN5OS/c1-5-13-18-19-15(23-13)17-12(22)7-6-11-10(4)20-21(14(11)16)8-9(2)3/h6-7,9H,5,8H2,1-4H3,(H,17,19,22). The van der Waals surface area contributed by atoms with E-state index in [1.54, 1.807) is 10.8 Å². The molecule has 2 aromatic heterocycles. The third kappa shape index (κ3) is 4.62. The van der Waals surface area contributed by atoms with Gasteiger partial charge in [0.25, 0.3) is 0 Å². The topological polar surface area (TPSA) is 72.7 Å². The molecular formula is C15H20ClN5OS. The van der Waals surface area contributed by atoms with Crippen LogP contribution in [0.3, 0.4) is 0 Å². The van der Waals surface area contributed by atoms with E-state index in [1.165, 1.54) is 17.4 Å². The molecule has 1 amide bonds. The zero-order valence-electron chi connectivity index (χ0n) is 13.6. The summed E-state index contributed by atoms with van der Waals surface area (Å²) in [6.07, 6.45) is 3.91. The summed E-state index contributed by atoms with van der Waals surface area (Å²) in [7, 11) is 0. The van der Waals surface area contributed by atoms with Crippen molar-refractivity contribution in [3.8, 4) is 0 Å². The summed E-state index contributed by atoms with van der Waals surface area (Å²) in [4.78, 5) is 12.0. The quantitative estimate of drug-likeness (QED) is 0.806. The Balaban J connectivity index is 2.07. The molecule has 0 atom stereocenters. The van der Waals surface area contributed by atoms with Gasteiger partial charge in [0.1, 0.15) is 10.2 Å². The zero-order valence-corrected chi connectivity index (χ0v) is 15.2. The van der Waals surface area contributed by atoms with Crippen molar-refractivity contribution in [3.63, 3.8) is 0 Å². The number of anilines is 1. The third-order valence-corrected chi connectivity index (χ3v) is 4.43. The average molecular weight is 354 g/mol. The second kappa shape index (κ2) is 7.70. The van der Waals surface area contributed by atoms with Crippen molar-refractivity contribution in [1.29, 1.82) is 0 Å². The van der Waals surface area contributed by atoms with Crippen molar-refractivity contribution in [2.24, 2.45) is 5.92 Å². The van der Waals surface area contributed by atoms with E-state index in [4.69, 9.17) is 11.6 Å². The normalized spacial score (nSPS) is 11.6. The van der Waals surface area contributed by atoms with E-state index in [9.17, 15) is 4.79 Å². The van der Waals surface area contributed by atoms with Crippen LogP contribution in [0.4, 0.5) is 5.13 Å². The lowest BCUT2D eigenvalue weighted by Gasteiger charge is -2.05. The molecule has 0 unspecified atom stereocenters. The fourth-order valence-electron chi connectivity index (χ4n) is 1.98. The molecule has 0 spiro atoms. The number of amides is 1. The van der Waals surface area contributed by atoms with Gasteiger partial charge in [0.05, 0.1) is 5.69 Å². The molecule has 0 radical (unpaired) electrons. The highest BCUT2D eigenvalue weighted by Crippen LogP contribution is 2.22. The van der Waals surface area contributed by atoms with E-state index in [2.05, 4.69) is 34.5 Å². The number of aryl methyl sites for hydroxylation is 2. The minimum atomic E-state index is -0.268. The van der Waals surface area contributed by atoms with Gasteiger partial charge in [-0.15, -0.1) is 10.2 Å². The maximum absolute atomic E-state index is 12.0. The summed E-state index contributed by atoms with van der Waals surface area (Å²) in [5.41, 5.74) is 1.55. The molecule has 6 nitrogen and oxygen atoms in total. The monoisotopic (exact) mass is 353 g/mol. The number of carbonyl (C=O) groups is 1. The summed E-state index contributed by atoms with van der Waals surface area (Å²) in [5, 5.41) is 16.9. The first kappa shape index (κ1) is 17.6. The van der Waals surface area contributed by atoms with Crippen molar-refractivity contribution < 1.29 is 4.79 Å². The minimum Gasteiger partial charge on any atom is -0.297 e. The largest absolute Gasteiger partial charge is 0.297 e. The Morgan fingerprint density at radius 2 is 2.17 bits per heavy atom. The first-order valence-corrected chi connectivity index (χ1v) is 8.64. The Morgan fingerprint density at radius 3 is 2.78 bits per heavy atom. The Morgan fingerprint density at radius 1 is 1.43 bits per heavy atom. The Hall–Kier alpha value is -1.73. The molecule has 2 heterocycles. The van der Waals surface area contributed by atoms with Crippen LogP contribution in [0, 0.1) is 12.8 Å². The lowest BCUT2D eigenvalue weighted by molar-refractivity contribution is -0.111. The maximum Gasteiger partial charge on any atom is 0.250 e. The molecular weight excluding hydrogens is 334 g/mol.